The van der Waals surface area contributed by atoms with Gasteiger partial charge < -0.3 is 15.0 Å². The van der Waals surface area contributed by atoms with Gasteiger partial charge in [0.15, 0.2) is 0 Å². The molecule has 3 aromatic rings. The first-order chi connectivity index (χ1) is 18.8. The van der Waals surface area contributed by atoms with Crippen LogP contribution in [0.2, 0.25) is 0 Å². The van der Waals surface area contributed by atoms with Crippen molar-refractivity contribution in [2.45, 2.75) is 57.7 Å². The van der Waals surface area contributed by atoms with Gasteiger partial charge in [0.2, 0.25) is 5.91 Å². The summed E-state index contributed by atoms with van der Waals surface area (Å²) in [6.07, 6.45) is 4.98. The number of imide groups is 1. The average Bonchev–Trinajstić information content (AvgIpc) is 3.17. The number of pyridine rings is 1. The second-order valence-corrected chi connectivity index (χ2v) is 11.5. The standard InChI is InChI=1S/C31H34N4O4/c1-31(2)16-23(12-14-39-31)33-28(36)22-8-6-13-34(19-22)26-11-5-9-24-27(26)30(38)35(29(24)37)18-20-15-21-7-3-4-10-25(21)32-17-20/h3-5,7,9-11,15,17,22-23H,6,8,12-14,16,18-19H2,1-2H3,(H,33,36)/t22-,23+/m0/s1. The molecule has 2 fully saturated rings. The zero-order valence-corrected chi connectivity index (χ0v) is 22.5. The quantitative estimate of drug-likeness (QED) is 0.498. The number of para-hydroxylation sites is 1. The van der Waals surface area contributed by atoms with E-state index in [1.807, 2.05) is 42.5 Å². The third-order valence-electron chi connectivity index (χ3n) is 8.14. The third kappa shape index (κ3) is 5.01. The Morgan fingerprint density at radius 2 is 1.95 bits per heavy atom. The maximum Gasteiger partial charge on any atom is 0.263 e. The van der Waals surface area contributed by atoms with E-state index in [1.54, 1.807) is 12.3 Å². The fourth-order valence-corrected chi connectivity index (χ4v) is 6.19. The molecule has 8 nitrogen and oxygen atoms in total. The molecule has 2 atom stereocenters. The Hall–Kier alpha value is -3.78. The van der Waals surface area contributed by atoms with Crippen LogP contribution in [0.1, 0.15) is 65.8 Å². The number of amides is 3. The molecule has 0 spiro atoms. The molecule has 8 heteroatoms. The fraction of sp³-hybridized carbons (Fsp3) is 0.419. The Bertz CT molecular complexity index is 1450. The number of aromatic nitrogens is 1. The SMILES string of the molecule is CC1(C)C[C@H](NC(=O)[C@H]2CCCN(c3cccc4c3C(=O)N(Cc3cnc5ccccc5c3)C4=O)C2)CCO1. The number of ether oxygens (including phenoxy) is 1. The second-order valence-electron chi connectivity index (χ2n) is 11.5. The number of anilines is 1. The van der Waals surface area contributed by atoms with Gasteiger partial charge in [0.1, 0.15) is 0 Å². The van der Waals surface area contributed by atoms with Crippen LogP contribution in [0.5, 0.6) is 0 Å². The Morgan fingerprint density at radius 1 is 1.10 bits per heavy atom. The summed E-state index contributed by atoms with van der Waals surface area (Å²) in [5.41, 5.74) is 3.02. The van der Waals surface area contributed by atoms with Crippen molar-refractivity contribution in [1.82, 2.24) is 15.2 Å². The molecule has 1 N–H and O–H groups in total. The fourth-order valence-electron chi connectivity index (χ4n) is 6.19. The van der Waals surface area contributed by atoms with E-state index in [1.165, 1.54) is 4.90 Å². The molecule has 0 unspecified atom stereocenters. The lowest BCUT2D eigenvalue weighted by Gasteiger charge is -2.38. The van der Waals surface area contributed by atoms with Crippen LogP contribution in [-0.2, 0) is 16.1 Å². The number of piperidine rings is 1. The van der Waals surface area contributed by atoms with Crippen LogP contribution >= 0.6 is 0 Å². The molecule has 0 bridgehead atoms. The molecule has 1 aromatic heterocycles. The molecule has 202 valence electrons. The highest BCUT2D eigenvalue weighted by Gasteiger charge is 2.40. The van der Waals surface area contributed by atoms with Gasteiger partial charge in [0, 0.05) is 37.3 Å². The third-order valence-corrected chi connectivity index (χ3v) is 8.14. The van der Waals surface area contributed by atoms with Crippen LogP contribution in [0.3, 0.4) is 0 Å². The molecule has 3 aliphatic rings. The van der Waals surface area contributed by atoms with E-state index in [4.69, 9.17) is 4.74 Å². The Kier molecular flexibility index (Phi) is 6.59. The van der Waals surface area contributed by atoms with Gasteiger partial charge in [0.05, 0.1) is 40.4 Å². The molecule has 6 rings (SSSR count). The number of nitrogens with zero attached hydrogens (tertiary/aromatic N) is 3. The molecule has 39 heavy (non-hydrogen) atoms. The minimum Gasteiger partial charge on any atom is -0.375 e. The van der Waals surface area contributed by atoms with Gasteiger partial charge in [-0.2, -0.15) is 0 Å². The van der Waals surface area contributed by atoms with Gasteiger partial charge in [-0.3, -0.25) is 24.3 Å². The van der Waals surface area contributed by atoms with Crippen molar-refractivity contribution < 1.29 is 19.1 Å². The lowest BCUT2D eigenvalue weighted by atomic mass is 9.91. The molecular formula is C31H34N4O4. The summed E-state index contributed by atoms with van der Waals surface area (Å²) < 4.78 is 5.80. The molecule has 3 amide bonds. The largest absolute Gasteiger partial charge is 0.375 e. The van der Waals surface area contributed by atoms with E-state index in [2.05, 4.69) is 29.0 Å². The van der Waals surface area contributed by atoms with Crippen molar-refractivity contribution >= 4 is 34.3 Å². The van der Waals surface area contributed by atoms with Crippen molar-refractivity contribution in [1.29, 1.82) is 0 Å². The molecule has 2 saturated heterocycles. The van der Waals surface area contributed by atoms with Crippen LogP contribution < -0.4 is 10.2 Å². The summed E-state index contributed by atoms with van der Waals surface area (Å²) in [4.78, 5) is 48.1. The summed E-state index contributed by atoms with van der Waals surface area (Å²) in [5.74, 6) is -0.705. The summed E-state index contributed by atoms with van der Waals surface area (Å²) >= 11 is 0. The molecule has 0 saturated carbocycles. The highest BCUT2D eigenvalue weighted by atomic mass is 16.5. The first-order valence-electron chi connectivity index (χ1n) is 13.8. The van der Waals surface area contributed by atoms with Gasteiger partial charge in [-0.25, -0.2) is 0 Å². The minimum atomic E-state index is -0.297. The highest BCUT2D eigenvalue weighted by Crippen LogP contribution is 2.35. The van der Waals surface area contributed by atoms with E-state index >= 15 is 0 Å². The number of hydrogen-bond acceptors (Lipinski definition) is 6. The van der Waals surface area contributed by atoms with E-state index in [9.17, 15) is 14.4 Å². The monoisotopic (exact) mass is 526 g/mol. The van der Waals surface area contributed by atoms with Crippen LogP contribution in [0.4, 0.5) is 5.69 Å². The van der Waals surface area contributed by atoms with Gasteiger partial charge in [0.25, 0.3) is 11.8 Å². The molecule has 0 aliphatic carbocycles. The Labute approximate surface area is 228 Å². The van der Waals surface area contributed by atoms with Gasteiger partial charge >= 0.3 is 0 Å². The maximum atomic E-state index is 13.6. The number of nitrogens with one attached hydrogen (secondary N) is 1. The predicted octanol–water partition coefficient (Wildman–Crippen LogP) is 4.32. The second kappa shape index (κ2) is 10.1. The topological polar surface area (TPSA) is 91.8 Å². The van der Waals surface area contributed by atoms with Crippen molar-refractivity contribution in [3.8, 4) is 0 Å². The zero-order valence-electron chi connectivity index (χ0n) is 22.5. The van der Waals surface area contributed by atoms with Gasteiger partial charge in [-0.05, 0) is 69.4 Å². The van der Waals surface area contributed by atoms with Crippen molar-refractivity contribution in [2.24, 2.45) is 5.92 Å². The maximum absolute atomic E-state index is 13.6. The van der Waals surface area contributed by atoms with E-state index in [0.717, 1.165) is 54.4 Å². The summed E-state index contributed by atoms with van der Waals surface area (Å²) in [5, 5.41) is 4.22. The molecule has 2 aromatic carbocycles. The minimum absolute atomic E-state index is 0.0582. The highest BCUT2D eigenvalue weighted by molar-refractivity contribution is 6.23. The Balaban J connectivity index is 1.19. The van der Waals surface area contributed by atoms with Gasteiger partial charge in [-0.15, -0.1) is 0 Å². The summed E-state index contributed by atoms with van der Waals surface area (Å²) in [7, 11) is 0. The summed E-state index contributed by atoms with van der Waals surface area (Å²) in [6.45, 7) is 6.18. The number of carbonyl (C=O) groups is 3. The van der Waals surface area contributed by atoms with Crippen molar-refractivity contribution in [3.63, 3.8) is 0 Å². The van der Waals surface area contributed by atoms with Crippen LogP contribution in [0, 0.1) is 5.92 Å². The predicted molar refractivity (Wildman–Crippen MR) is 149 cm³/mol. The first kappa shape index (κ1) is 25.5. The number of benzene rings is 2. The first-order valence-corrected chi connectivity index (χ1v) is 13.8. The average molecular weight is 527 g/mol. The van der Waals surface area contributed by atoms with Crippen molar-refractivity contribution in [2.75, 3.05) is 24.6 Å². The molecular weight excluding hydrogens is 492 g/mol. The van der Waals surface area contributed by atoms with Crippen molar-refractivity contribution in [3.05, 3.63) is 71.4 Å². The number of hydrogen-bond donors (Lipinski definition) is 1. The number of carbonyl (C=O) groups excluding carboxylic acids is 3. The lowest BCUT2D eigenvalue weighted by Crippen LogP contribution is -2.50. The molecule has 3 aliphatic heterocycles. The van der Waals surface area contributed by atoms with Gasteiger partial charge in [-0.1, -0.05) is 24.3 Å². The molecule has 4 heterocycles. The normalized spacial score (nSPS) is 22.7. The van der Waals surface area contributed by atoms with E-state index in [-0.39, 0.29) is 41.8 Å². The Morgan fingerprint density at radius 3 is 2.79 bits per heavy atom. The summed E-state index contributed by atoms with van der Waals surface area (Å²) in [6, 6.07) is 15.3. The van der Waals surface area contributed by atoms with E-state index < -0.39 is 0 Å². The van der Waals surface area contributed by atoms with Crippen LogP contribution in [0.25, 0.3) is 10.9 Å². The number of fused-ring (bicyclic) bond motifs is 2. The number of rotatable bonds is 5. The molecule has 0 radical (unpaired) electrons. The van der Waals surface area contributed by atoms with E-state index in [0.29, 0.717) is 24.3 Å². The smallest absolute Gasteiger partial charge is 0.263 e. The lowest BCUT2D eigenvalue weighted by molar-refractivity contribution is -0.128. The zero-order chi connectivity index (χ0) is 27.1. The van der Waals surface area contributed by atoms with Crippen LogP contribution in [0.15, 0.2) is 54.7 Å². The van der Waals surface area contributed by atoms with Crippen LogP contribution in [-0.4, -0.2) is 58.9 Å².